The standard InChI is InChI=1S/C11H14BrNO4S/c12-9-4-1-5-10(11(9)14)13-18(15,16)7-8-3-2-6-17-8/h1,4-5,8,13-14H,2-3,6-7H2. The minimum absolute atomic E-state index is 0.0844. The van der Waals surface area contributed by atoms with Crippen LogP contribution in [0, 0.1) is 0 Å². The Morgan fingerprint density at radius 3 is 2.94 bits per heavy atom. The first kappa shape index (κ1) is 13.6. The van der Waals surface area contributed by atoms with Crippen LogP contribution in [0.15, 0.2) is 22.7 Å². The average Bonchev–Trinajstić information content (AvgIpc) is 2.76. The Balaban J connectivity index is 2.09. The summed E-state index contributed by atoms with van der Waals surface area (Å²) in [7, 11) is -3.51. The van der Waals surface area contributed by atoms with Crippen molar-refractivity contribution < 1.29 is 18.3 Å². The van der Waals surface area contributed by atoms with Crippen LogP contribution in [-0.4, -0.2) is 32.0 Å². The highest BCUT2D eigenvalue weighted by Crippen LogP contribution is 2.32. The molecule has 0 aliphatic carbocycles. The van der Waals surface area contributed by atoms with Gasteiger partial charge in [0.2, 0.25) is 10.0 Å². The van der Waals surface area contributed by atoms with Gasteiger partial charge in [0.25, 0.3) is 0 Å². The molecule has 0 bridgehead atoms. The Morgan fingerprint density at radius 2 is 2.28 bits per heavy atom. The summed E-state index contributed by atoms with van der Waals surface area (Å²) in [6.07, 6.45) is 1.39. The van der Waals surface area contributed by atoms with Crippen molar-refractivity contribution in [2.45, 2.75) is 18.9 Å². The predicted molar refractivity (Wildman–Crippen MR) is 72.2 cm³/mol. The summed E-state index contributed by atoms with van der Waals surface area (Å²) in [6.45, 7) is 0.613. The number of benzene rings is 1. The number of sulfonamides is 1. The molecule has 0 amide bonds. The van der Waals surface area contributed by atoms with Gasteiger partial charge in [-0.25, -0.2) is 8.42 Å². The molecule has 1 atom stereocenters. The van der Waals surface area contributed by atoms with Gasteiger partial charge in [-0.2, -0.15) is 0 Å². The van der Waals surface area contributed by atoms with Crippen molar-refractivity contribution in [3.05, 3.63) is 22.7 Å². The van der Waals surface area contributed by atoms with Crippen LogP contribution in [0.1, 0.15) is 12.8 Å². The van der Waals surface area contributed by atoms with Gasteiger partial charge in [0, 0.05) is 6.61 Å². The molecule has 18 heavy (non-hydrogen) atoms. The molecule has 7 heteroatoms. The normalized spacial score (nSPS) is 19.9. The molecule has 0 radical (unpaired) electrons. The maximum Gasteiger partial charge on any atom is 0.235 e. The van der Waals surface area contributed by atoms with E-state index >= 15 is 0 Å². The van der Waals surface area contributed by atoms with E-state index in [1.807, 2.05) is 0 Å². The molecular formula is C11H14BrNO4S. The monoisotopic (exact) mass is 335 g/mol. The number of ether oxygens (including phenoxy) is 1. The first-order chi connectivity index (χ1) is 8.48. The van der Waals surface area contributed by atoms with Crippen LogP contribution < -0.4 is 4.72 Å². The van der Waals surface area contributed by atoms with E-state index < -0.39 is 10.0 Å². The molecule has 1 aromatic carbocycles. The summed E-state index contributed by atoms with van der Waals surface area (Å²) in [6, 6.07) is 4.79. The van der Waals surface area contributed by atoms with Gasteiger partial charge in [-0.15, -0.1) is 0 Å². The van der Waals surface area contributed by atoms with E-state index in [2.05, 4.69) is 20.7 Å². The summed E-state index contributed by atoms with van der Waals surface area (Å²) in [5, 5.41) is 9.72. The molecule has 100 valence electrons. The van der Waals surface area contributed by atoms with Gasteiger partial charge in [0.05, 0.1) is 22.0 Å². The summed E-state index contributed by atoms with van der Waals surface area (Å²) >= 11 is 3.13. The fourth-order valence-electron chi connectivity index (χ4n) is 1.83. The number of aromatic hydroxyl groups is 1. The lowest BCUT2D eigenvalue weighted by atomic mass is 10.3. The third-order valence-electron chi connectivity index (χ3n) is 2.68. The molecule has 1 heterocycles. The molecular weight excluding hydrogens is 322 g/mol. The molecule has 5 nitrogen and oxygen atoms in total. The average molecular weight is 336 g/mol. The molecule has 0 spiro atoms. The molecule has 1 unspecified atom stereocenters. The van der Waals surface area contributed by atoms with Crippen molar-refractivity contribution in [1.82, 2.24) is 0 Å². The number of para-hydroxylation sites is 1. The third kappa shape index (κ3) is 3.37. The lowest BCUT2D eigenvalue weighted by Crippen LogP contribution is -2.25. The molecule has 1 aromatic rings. The van der Waals surface area contributed by atoms with Crippen molar-refractivity contribution in [2.24, 2.45) is 0 Å². The van der Waals surface area contributed by atoms with Gasteiger partial charge in [0.1, 0.15) is 0 Å². The SMILES string of the molecule is O=S(=O)(CC1CCCO1)Nc1cccc(Br)c1O. The van der Waals surface area contributed by atoms with Crippen LogP contribution in [0.25, 0.3) is 0 Å². The largest absolute Gasteiger partial charge is 0.505 e. The van der Waals surface area contributed by atoms with Crippen LogP contribution in [-0.2, 0) is 14.8 Å². The number of rotatable bonds is 4. The number of hydrogen-bond donors (Lipinski definition) is 2. The van der Waals surface area contributed by atoms with Crippen LogP contribution in [0.3, 0.4) is 0 Å². The van der Waals surface area contributed by atoms with Gasteiger partial charge in [0.15, 0.2) is 5.75 Å². The number of phenols is 1. The Hall–Kier alpha value is -0.790. The van der Waals surface area contributed by atoms with E-state index in [-0.39, 0.29) is 23.3 Å². The first-order valence-electron chi connectivity index (χ1n) is 5.57. The van der Waals surface area contributed by atoms with Crippen molar-refractivity contribution >= 4 is 31.6 Å². The molecule has 1 aliphatic heterocycles. The van der Waals surface area contributed by atoms with Crippen molar-refractivity contribution in [3.8, 4) is 5.75 Å². The Bertz CT molecular complexity index is 526. The van der Waals surface area contributed by atoms with E-state index in [9.17, 15) is 13.5 Å². The second kappa shape index (κ2) is 5.46. The fourth-order valence-corrected chi connectivity index (χ4v) is 3.53. The maximum atomic E-state index is 11.9. The number of halogens is 1. The first-order valence-corrected chi connectivity index (χ1v) is 8.02. The van der Waals surface area contributed by atoms with Gasteiger partial charge < -0.3 is 9.84 Å². The van der Waals surface area contributed by atoms with Gasteiger partial charge in [-0.05, 0) is 40.9 Å². The summed E-state index contributed by atoms with van der Waals surface area (Å²) < 4.78 is 31.9. The van der Waals surface area contributed by atoms with E-state index in [1.165, 1.54) is 6.07 Å². The van der Waals surface area contributed by atoms with Gasteiger partial charge in [-0.3, -0.25) is 4.72 Å². The Labute approximate surface area is 114 Å². The second-order valence-corrected chi connectivity index (χ2v) is 6.78. The molecule has 1 fully saturated rings. The Kier molecular flexibility index (Phi) is 4.14. The molecule has 2 rings (SSSR count). The fraction of sp³-hybridized carbons (Fsp3) is 0.455. The zero-order valence-corrected chi connectivity index (χ0v) is 12.0. The van der Waals surface area contributed by atoms with Crippen LogP contribution in [0.2, 0.25) is 0 Å². The van der Waals surface area contributed by atoms with E-state index in [0.29, 0.717) is 11.1 Å². The topological polar surface area (TPSA) is 75.6 Å². The zero-order valence-electron chi connectivity index (χ0n) is 9.60. The minimum Gasteiger partial charge on any atom is -0.505 e. The van der Waals surface area contributed by atoms with E-state index in [0.717, 1.165) is 12.8 Å². The lowest BCUT2D eigenvalue weighted by molar-refractivity contribution is 0.127. The zero-order chi connectivity index (χ0) is 13.2. The summed E-state index contributed by atoms with van der Waals surface area (Å²) in [4.78, 5) is 0. The quantitative estimate of drug-likeness (QED) is 0.826. The van der Waals surface area contributed by atoms with E-state index in [1.54, 1.807) is 12.1 Å². The minimum atomic E-state index is -3.51. The van der Waals surface area contributed by atoms with Crippen molar-refractivity contribution in [2.75, 3.05) is 17.1 Å². The summed E-state index contributed by atoms with van der Waals surface area (Å²) in [5.74, 6) is -0.202. The highest BCUT2D eigenvalue weighted by atomic mass is 79.9. The lowest BCUT2D eigenvalue weighted by Gasteiger charge is -2.13. The van der Waals surface area contributed by atoms with Gasteiger partial charge in [-0.1, -0.05) is 6.07 Å². The predicted octanol–water partition coefficient (Wildman–Crippen LogP) is 2.08. The van der Waals surface area contributed by atoms with Crippen LogP contribution >= 0.6 is 15.9 Å². The second-order valence-electron chi connectivity index (χ2n) is 4.15. The molecule has 0 saturated carbocycles. The molecule has 2 N–H and O–H groups in total. The third-order valence-corrected chi connectivity index (χ3v) is 4.66. The molecule has 1 aliphatic rings. The number of nitrogens with one attached hydrogen (secondary N) is 1. The number of anilines is 1. The van der Waals surface area contributed by atoms with Gasteiger partial charge >= 0.3 is 0 Å². The molecule has 1 saturated heterocycles. The number of phenolic OH excluding ortho intramolecular Hbond substituents is 1. The molecule has 0 aromatic heterocycles. The maximum absolute atomic E-state index is 11.9. The van der Waals surface area contributed by atoms with E-state index in [4.69, 9.17) is 4.74 Å². The number of hydrogen-bond acceptors (Lipinski definition) is 4. The van der Waals surface area contributed by atoms with Crippen molar-refractivity contribution in [1.29, 1.82) is 0 Å². The highest BCUT2D eigenvalue weighted by Gasteiger charge is 2.24. The van der Waals surface area contributed by atoms with Crippen LogP contribution in [0.5, 0.6) is 5.75 Å². The smallest absolute Gasteiger partial charge is 0.235 e. The highest BCUT2D eigenvalue weighted by molar-refractivity contribution is 9.10. The van der Waals surface area contributed by atoms with Crippen LogP contribution in [0.4, 0.5) is 5.69 Å². The van der Waals surface area contributed by atoms with Crippen molar-refractivity contribution in [3.63, 3.8) is 0 Å². The summed E-state index contributed by atoms with van der Waals surface area (Å²) in [5.41, 5.74) is 0.169. The Morgan fingerprint density at radius 1 is 1.50 bits per heavy atom.